The number of non-ortho nitro benzene ring substituents is 1. The van der Waals surface area contributed by atoms with E-state index in [9.17, 15) is 18.5 Å². The molecule has 26 heavy (non-hydrogen) atoms. The maximum atomic E-state index is 12.5. The number of fused-ring (bicyclic) bond motifs is 3. The van der Waals surface area contributed by atoms with Gasteiger partial charge in [0, 0.05) is 29.0 Å². The van der Waals surface area contributed by atoms with Crippen molar-refractivity contribution in [2.75, 3.05) is 4.72 Å². The summed E-state index contributed by atoms with van der Waals surface area (Å²) in [6.45, 7) is 0. The summed E-state index contributed by atoms with van der Waals surface area (Å²) >= 11 is 0. The number of sulfonamides is 1. The molecule has 0 fully saturated rings. The van der Waals surface area contributed by atoms with E-state index < -0.39 is 14.9 Å². The van der Waals surface area contributed by atoms with Crippen molar-refractivity contribution in [2.45, 2.75) is 4.90 Å². The maximum Gasteiger partial charge on any atom is 0.270 e. The fourth-order valence-electron chi connectivity index (χ4n) is 2.77. The Labute approximate surface area is 148 Å². The molecule has 0 aliphatic carbocycles. The van der Waals surface area contributed by atoms with Gasteiger partial charge in [-0.2, -0.15) is 0 Å². The number of hydrogen-bond acceptors (Lipinski definition) is 5. The van der Waals surface area contributed by atoms with Crippen molar-refractivity contribution < 1.29 is 17.8 Å². The van der Waals surface area contributed by atoms with E-state index in [4.69, 9.17) is 4.42 Å². The number of nitro benzene ring substituents is 1. The lowest BCUT2D eigenvalue weighted by Gasteiger charge is -2.08. The van der Waals surface area contributed by atoms with Gasteiger partial charge >= 0.3 is 0 Å². The minimum atomic E-state index is -3.96. The van der Waals surface area contributed by atoms with Crippen molar-refractivity contribution in [2.24, 2.45) is 0 Å². The van der Waals surface area contributed by atoms with E-state index in [0.29, 0.717) is 16.9 Å². The highest BCUT2D eigenvalue weighted by Gasteiger charge is 2.18. The molecule has 1 N–H and O–H groups in total. The summed E-state index contributed by atoms with van der Waals surface area (Å²) in [6.07, 6.45) is 0. The van der Waals surface area contributed by atoms with Crippen molar-refractivity contribution in [1.29, 1.82) is 0 Å². The van der Waals surface area contributed by atoms with Crippen LogP contribution in [0.1, 0.15) is 0 Å². The Bertz CT molecular complexity index is 1260. The largest absolute Gasteiger partial charge is 0.456 e. The van der Waals surface area contributed by atoms with Gasteiger partial charge in [-0.05, 0) is 24.3 Å². The highest BCUT2D eigenvalue weighted by molar-refractivity contribution is 7.92. The summed E-state index contributed by atoms with van der Waals surface area (Å²) in [7, 11) is -3.96. The Morgan fingerprint density at radius 3 is 2.46 bits per heavy atom. The number of benzene rings is 3. The Kier molecular flexibility index (Phi) is 3.62. The van der Waals surface area contributed by atoms with Crippen LogP contribution in [0.15, 0.2) is 76.0 Å². The number of hydrogen-bond donors (Lipinski definition) is 1. The zero-order chi connectivity index (χ0) is 18.3. The van der Waals surface area contributed by atoms with Gasteiger partial charge in [-0.1, -0.05) is 24.3 Å². The first kappa shape index (κ1) is 16.1. The molecule has 0 atom stereocenters. The third-order valence-corrected chi connectivity index (χ3v) is 5.35. The Morgan fingerprint density at radius 2 is 1.65 bits per heavy atom. The second kappa shape index (κ2) is 5.85. The molecule has 4 aromatic rings. The molecule has 1 aromatic heterocycles. The van der Waals surface area contributed by atoms with Crippen LogP contribution in [0.25, 0.3) is 21.9 Å². The average Bonchev–Trinajstić information content (AvgIpc) is 2.99. The molecule has 0 radical (unpaired) electrons. The summed E-state index contributed by atoms with van der Waals surface area (Å²) < 4.78 is 33.2. The van der Waals surface area contributed by atoms with Crippen LogP contribution < -0.4 is 4.72 Å². The van der Waals surface area contributed by atoms with Crippen LogP contribution in [-0.2, 0) is 10.0 Å². The molecule has 0 bridgehead atoms. The van der Waals surface area contributed by atoms with E-state index in [0.717, 1.165) is 16.8 Å². The molecule has 0 saturated carbocycles. The minimum absolute atomic E-state index is 0.184. The standard InChI is InChI=1S/C18H12N2O5S/c21-20(22)13-4-3-5-14(11-13)26(23,24)19-12-8-9-16-15-6-1-2-7-17(15)25-18(16)10-12/h1-11,19H. The summed E-state index contributed by atoms with van der Waals surface area (Å²) in [4.78, 5) is 10.0. The zero-order valence-corrected chi connectivity index (χ0v) is 14.1. The normalized spacial score (nSPS) is 11.7. The molecule has 1 heterocycles. The lowest BCUT2D eigenvalue weighted by Crippen LogP contribution is -2.13. The molecule has 0 unspecified atom stereocenters. The molecule has 0 spiro atoms. The van der Waals surface area contributed by atoms with Crippen molar-refractivity contribution in [3.8, 4) is 0 Å². The van der Waals surface area contributed by atoms with Gasteiger partial charge in [0.05, 0.1) is 15.5 Å². The second-order valence-electron chi connectivity index (χ2n) is 5.67. The van der Waals surface area contributed by atoms with Crippen LogP contribution in [0.3, 0.4) is 0 Å². The SMILES string of the molecule is O=[N+]([O-])c1cccc(S(=O)(=O)Nc2ccc3c(c2)oc2ccccc23)c1. The van der Waals surface area contributed by atoms with Crippen LogP contribution >= 0.6 is 0 Å². The van der Waals surface area contributed by atoms with Crippen molar-refractivity contribution in [3.63, 3.8) is 0 Å². The molecule has 130 valence electrons. The number of rotatable bonds is 4. The summed E-state index contributed by atoms with van der Waals surface area (Å²) in [5, 5.41) is 12.7. The van der Waals surface area contributed by atoms with Crippen molar-refractivity contribution in [3.05, 3.63) is 76.8 Å². The summed E-state index contributed by atoms with van der Waals surface area (Å²) in [6, 6.07) is 17.4. The molecule has 3 aromatic carbocycles. The van der Waals surface area contributed by atoms with Gasteiger partial charge in [0.1, 0.15) is 11.2 Å². The van der Waals surface area contributed by atoms with E-state index in [-0.39, 0.29) is 10.6 Å². The van der Waals surface area contributed by atoms with Crippen molar-refractivity contribution in [1.82, 2.24) is 0 Å². The monoisotopic (exact) mass is 368 g/mol. The molecular formula is C18H12N2O5S. The number of furan rings is 1. The van der Waals surface area contributed by atoms with Crippen LogP contribution in [0, 0.1) is 10.1 Å². The first-order chi connectivity index (χ1) is 12.4. The van der Waals surface area contributed by atoms with Crippen LogP contribution in [0.2, 0.25) is 0 Å². The molecule has 0 amide bonds. The zero-order valence-electron chi connectivity index (χ0n) is 13.2. The first-order valence-corrected chi connectivity index (χ1v) is 9.11. The molecule has 7 nitrogen and oxygen atoms in total. The molecule has 0 aliphatic heterocycles. The minimum Gasteiger partial charge on any atom is -0.456 e. The maximum absolute atomic E-state index is 12.5. The van der Waals surface area contributed by atoms with Gasteiger partial charge in [0.2, 0.25) is 0 Å². The summed E-state index contributed by atoms with van der Waals surface area (Å²) in [5.41, 5.74) is 1.27. The Hall–Kier alpha value is -3.39. The quantitative estimate of drug-likeness (QED) is 0.427. The van der Waals surface area contributed by atoms with E-state index in [1.54, 1.807) is 18.2 Å². The number of para-hydroxylation sites is 1. The molecule has 8 heteroatoms. The third-order valence-electron chi connectivity index (χ3n) is 3.97. The fourth-order valence-corrected chi connectivity index (χ4v) is 3.86. The molecular weight excluding hydrogens is 356 g/mol. The third kappa shape index (κ3) is 2.76. The van der Waals surface area contributed by atoms with Crippen LogP contribution in [0.4, 0.5) is 11.4 Å². The van der Waals surface area contributed by atoms with Crippen molar-refractivity contribution >= 4 is 43.3 Å². The van der Waals surface area contributed by atoms with Gasteiger partial charge in [0.15, 0.2) is 0 Å². The second-order valence-corrected chi connectivity index (χ2v) is 7.35. The highest BCUT2D eigenvalue weighted by Crippen LogP contribution is 2.31. The summed E-state index contributed by atoms with van der Waals surface area (Å²) in [5.74, 6) is 0. The molecule has 0 aliphatic rings. The molecule has 4 rings (SSSR count). The predicted molar refractivity (Wildman–Crippen MR) is 97.6 cm³/mol. The number of anilines is 1. The van der Waals surface area contributed by atoms with Gasteiger partial charge in [-0.15, -0.1) is 0 Å². The van der Waals surface area contributed by atoms with Gasteiger partial charge in [0.25, 0.3) is 15.7 Å². The first-order valence-electron chi connectivity index (χ1n) is 7.63. The van der Waals surface area contributed by atoms with E-state index in [2.05, 4.69) is 4.72 Å². The molecule has 0 saturated heterocycles. The average molecular weight is 368 g/mol. The highest BCUT2D eigenvalue weighted by atomic mass is 32.2. The Balaban J connectivity index is 1.73. The van der Waals surface area contributed by atoms with Crippen LogP contribution in [0.5, 0.6) is 0 Å². The van der Waals surface area contributed by atoms with Gasteiger partial charge in [-0.25, -0.2) is 8.42 Å². The number of nitrogens with zero attached hydrogens (tertiary/aromatic N) is 1. The van der Waals surface area contributed by atoms with E-state index >= 15 is 0 Å². The Morgan fingerprint density at radius 1 is 0.885 bits per heavy atom. The van der Waals surface area contributed by atoms with E-state index in [1.807, 2.05) is 24.3 Å². The van der Waals surface area contributed by atoms with E-state index in [1.165, 1.54) is 18.2 Å². The lowest BCUT2D eigenvalue weighted by molar-refractivity contribution is -0.385. The topological polar surface area (TPSA) is 102 Å². The predicted octanol–water partition coefficient (Wildman–Crippen LogP) is 4.30. The van der Waals surface area contributed by atoms with Crippen LogP contribution in [-0.4, -0.2) is 13.3 Å². The fraction of sp³-hybridized carbons (Fsp3) is 0. The lowest BCUT2D eigenvalue weighted by atomic mass is 10.1. The van der Waals surface area contributed by atoms with Gasteiger partial charge in [-0.3, -0.25) is 14.8 Å². The number of nitrogens with one attached hydrogen (secondary N) is 1. The van der Waals surface area contributed by atoms with Gasteiger partial charge < -0.3 is 4.42 Å². The smallest absolute Gasteiger partial charge is 0.270 e. The number of nitro groups is 1.